The van der Waals surface area contributed by atoms with Gasteiger partial charge >= 0.3 is 0 Å². The summed E-state index contributed by atoms with van der Waals surface area (Å²) in [6.45, 7) is 1.56. The van der Waals surface area contributed by atoms with Crippen LogP contribution in [0.1, 0.15) is 32.6 Å². The number of rotatable bonds is 0. The number of aliphatic hydroxyl groups excluding tert-OH is 1. The fraction of sp³-hybridized carbons (Fsp3) is 1.00. The molecule has 0 bridgehead atoms. The standard InChI is InChI=1S/C7H13FO/c1-7(8)4-2-3-6(9)5-7/h6,9H,2-5H2,1H3/t6-,7-/m1/s1. The fourth-order valence-electron chi connectivity index (χ4n) is 1.40. The SMILES string of the molecule is C[C@@]1(F)CCC[C@@H](O)C1. The molecule has 2 atom stereocenters. The molecule has 54 valence electrons. The van der Waals surface area contributed by atoms with Gasteiger partial charge in [0.05, 0.1) is 6.10 Å². The third kappa shape index (κ3) is 1.94. The molecule has 1 N–H and O–H groups in total. The van der Waals surface area contributed by atoms with E-state index in [9.17, 15) is 4.39 Å². The van der Waals surface area contributed by atoms with Crippen LogP contribution in [0.25, 0.3) is 0 Å². The largest absolute Gasteiger partial charge is 0.393 e. The number of halogens is 1. The second-order valence-corrected chi connectivity index (χ2v) is 3.16. The first kappa shape index (κ1) is 7.00. The monoisotopic (exact) mass is 132 g/mol. The van der Waals surface area contributed by atoms with Gasteiger partial charge in [-0.15, -0.1) is 0 Å². The lowest BCUT2D eigenvalue weighted by molar-refractivity contribution is 0.0298. The molecule has 1 aliphatic carbocycles. The molecule has 2 heteroatoms. The number of alkyl halides is 1. The van der Waals surface area contributed by atoms with Crippen LogP contribution in [0.5, 0.6) is 0 Å². The van der Waals surface area contributed by atoms with Gasteiger partial charge in [-0.1, -0.05) is 0 Å². The second-order valence-electron chi connectivity index (χ2n) is 3.16. The normalized spacial score (nSPS) is 45.0. The van der Waals surface area contributed by atoms with E-state index in [4.69, 9.17) is 5.11 Å². The highest BCUT2D eigenvalue weighted by Crippen LogP contribution is 2.30. The zero-order chi connectivity index (χ0) is 6.91. The van der Waals surface area contributed by atoms with Crippen molar-refractivity contribution in [1.29, 1.82) is 0 Å². The second kappa shape index (κ2) is 2.25. The van der Waals surface area contributed by atoms with Gasteiger partial charge in [0, 0.05) is 6.42 Å². The van der Waals surface area contributed by atoms with E-state index in [1.165, 1.54) is 0 Å². The van der Waals surface area contributed by atoms with E-state index in [0.717, 1.165) is 12.8 Å². The van der Waals surface area contributed by atoms with Crippen molar-refractivity contribution in [3.05, 3.63) is 0 Å². The molecule has 1 rings (SSSR count). The van der Waals surface area contributed by atoms with Crippen LogP contribution in [0.4, 0.5) is 4.39 Å². The first-order valence-corrected chi connectivity index (χ1v) is 3.47. The molecule has 1 fully saturated rings. The molecule has 1 saturated carbocycles. The fourth-order valence-corrected chi connectivity index (χ4v) is 1.40. The van der Waals surface area contributed by atoms with Crippen LogP contribution < -0.4 is 0 Å². The predicted molar refractivity (Wildman–Crippen MR) is 34.0 cm³/mol. The highest BCUT2D eigenvalue weighted by atomic mass is 19.1. The summed E-state index contributed by atoms with van der Waals surface area (Å²) in [5, 5.41) is 9.00. The van der Waals surface area contributed by atoms with Gasteiger partial charge in [0.1, 0.15) is 5.67 Å². The van der Waals surface area contributed by atoms with Gasteiger partial charge in [-0.3, -0.25) is 0 Å². The Bertz CT molecular complexity index is 101. The number of hydrogen-bond acceptors (Lipinski definition) is 1. The first-order valence-electron chi connectivity index (χ1n) is 3.47. The van der Waals surface area contributed by atoms with Gasteiger partial charge in [-0.05, 0) is 26.2 Å². The van der Waals surface area contributed by atoms with Crippen molar-refractivity contribution >= 4 is 0 Å². The first-order chi connectivity index (χ1) is 4.10. The minimum atomic E-state index is -1.10. The van der Waals surface area contributed by atoms with Crippen molar-refractivity contribution in [2.24, 2.45) is 0 Å². The Labute approximate surface area is 54.9 Å². The lowest BCUT2D eigenvalue weighted by atomic mass is 9.86. The molecular weight excluding hydrogens is 119 g/mol. The Kier molecular flexibility index (Phi) is 1.75. The number of aliphatic hydroxyl groups is 1. The average Bonchev–Trinajstić information content (AvgIpc) is 1.60. The van der Waals surface area contributed by atoms with Gasteiger partial charge in [-0.25, -0.2) is 4.39 Å². The van der Waals surface area contributed by atoms with Crippen molar-refractivity contribution < 1.29 is 9.50 Å². The maximum Gasteiger partial charge on any atom is 0.110 e. The zero-order valence-corrected chi connectivity index (χ0v) is 5.73. The Morgan fingerprint density at radius 1 is 1.67 bits per heavy atom. The Morgan fingerprint density at radius 3 is 2.67 bits per heavy atom. The van der Waals surface area contributed by atoms with E-state index in [2.05, 4.69) is 0 Å². The maximum absolute atomic E-state index is 13.0. The van der Waals surface area contributed by atoms with Gasteiger partial charge in [-0.2, -0.15) is 0 Å². The molecule has 0 radical (unpaired) electrons. The topological polar surface area (TPSA) is 20.2 Å². The van der Waals surface area contributed by atoms with Gasteiger partial charge in [0.15, 0.2) is 0 Å². The summed E-state index contributed by atoms with van der Waals surface area (Å²) in [7, 11) is 0. The van der Waals surface area contributed by atoms with Crippen LogP contribution in [-0.2, 0) is 0 Å². The Hall–Kier alpha value is -0.110. The minimum Gasteiger partial charge on any atom is -0.393 e. The number of hydrogen-bond donors (Lipinski definition) is 1. The summed E-state index contributed by atoms with van der Waals surface area (Å²) < 4.78 is 13.0. The van der Waals surface area contributed by atoms with Crippen LogP contribution in [0.15, 0.2) is 0 Å². The Balaban J connectivity index is 2.41. The smallest absolute Gasteiger partial charge is 0.110 e. The lowest BCUT2D eigenvalue weighted by Crippen LogP contribution is -2.30. The molecule has 1 aliphatic rings. The minimum absolute atomic E-state index is 0.326. The van der Waals surface area contributed by atoms with Gasteiger partial charge in [0.2, 0.25) is 0 Å². The van der Waals surface area contributed by atoms with Crippen molar-refractivity contribution in [2.45, 2.75) is 44.4 Å². The molecule has 9 heavy (non-hydrogen) atoms. The van der Waals surface area contributed by atoms with E-state index in [0.29, 0.717) is 12.8 Å². The summed E-state index contributed by atoms with van der Waals surface area (Å²) in [6.07, 6.45) is 2.15. The highest BCUT2D eigenvalue weighted by Gasteiger charge is 2.30. The van der Waals surface area contributed by atoms with Crippen LogP contribution in [0.3, 0.4) is 0 Å². The molecule has 0 aromatic rings. The van der Waals surface area contributed by atoms with E-state index in [1.54, 1.807) is 6.92 Å². The Morgan fingerprint density at radius 2 is 2.33 bits per heavy atom. The molecule has 0 aromatic carbocycles. The molecule has 0 amide bonds. The molecule has 0 saturated heterocycles. The van der Waals surface area contributed by atoms with Crippen molar-refractivity contribution in [3.63, 3.8) is 0 Å². The summed E-state index contributed by atoms with van der Waals surface area (Å²) in [4.78, 5) is 0. The van der Waals surface area contributed by atoms with Crippen LogP contribution in [0, 0.1) is 0 Å². The van der Waals surface area contributed by atoms with E-state index in [-0.39, 0.29) is 0 Å². The zero-order valence-electron chi connectivity index (χ0n) is 5.73. The molecular formula is C7H13FO. The lowest BCUT2D eigenvalue weighted by Gasteiger charge is -2.28. The molecule has 0 aliphatic heterocycles. The van der Waals surface area contributed by atoms with E-state index < -0.39 is 11.8 Å². The van der Waals surface area contributed by atoms with E-state index in [1.807, 2.05) is 0 Å². The van der Waals surface area contributed by atoms with Crippen LogP contribution in [-0.4, -0.2) is 16.9 Å². The summed E-state index contributed by atoms with van der Waals surface area (Å²) >= 11 is 0. The molecule has 0 heterocycles. The maximum atomic E-state index is 13.0. The predicted octanol–water partition coefficient (Wildman–Crippen LogP) is 1.65. The average molecular weight is 132 g/mol. The summed E-state index contributed by atoms with van der Waals surface area (Å²) in [6, 6.07) is 0. The summed E-state index contributed by atoms with van der Waals surface area (Å²) in [5.74, 6) is 0. The summed E-state index contributed by atoms with van der Waals surface area (Å²) in [5.41, 5.74) is -1.10. The van der Waals surface area contributed by atoms with Gasteiger partial charge < -0.3 is 5.11 Å². The van der Waals surface area contributed by atoms with Crippen LogP contribution in [0.2, 0.25) is 0 Å². The molecule has 0 spiro atoms. The highest BCUT2D eigenvalue weighted by molar-refractivity contribution is 4.82. The van der Waals surface area contributed by atoms with E-state index >= 15 is 0 Å². The quantitative estimate of drug-likeness (QED) is 0.531. The molecule has 0 unspecified atom stereocenters. The molecule has 1 nitrogen and oxygen atoms in total. The van der Waals surface area contributed by atoms with Crippen molar-refractivity contribution in [2.75, 3.05) is 0 Å². The third-order valence-corrected chi connectivity index (χ3v) is 1.90. The third-order valence-electron chi connectivity index (χ3n) is 1.90. The van der Waals surface area contributed by atoms with Crippen LogP contribution >= 0.6 is 0 Å². The van der Waals surface area contributed by atoms with Crippen molar-refractivity contribution in [3.8, 4) is 0 Å². The molecule has 0 aromatic heterocycles. The van der Waals surface area contributed by atoms with Crippen molar-refractivity contribution in [1.82, 2.24) is 0 Å². The van der Waals surface area contributed by atoms with Gasteiger partial charge in [0.25, 0.3) is 0 Å².